The molecule has 2 rings (SSSR count). The first-order valence-electron chi connectivity index (χ1n) is 5.47. The van der Waals surface area contributed by atoms with Gasteiger partial charge in [-0.1, -0.05) is 6.92 Å². The van der Waals surface area contributed by atoms with Gasteiger partial charge >= 0.3 is 0 Å². The Labute approximate surface area is 99.6 Å². The molecule has 0 spiro atoms. The second-order valence-corrected chi connectivity index (χ2v) is 3.60. The molecule has 6 heteroatoms. The van der Waals surface area contributed by atoms with E-state index >= 15 is 0 Å². The Hall–Kier alpha value is -1.95. The van der Waals surface area contributed by atoms with Gasteiger partial charge in [0.2, 0.25) is 5.88 Å². The molecule has 0 bridgehead atoms. The van der Waals surface area contributed by atoms with Crippen molar-refractivity contribution in [2.24, 2.45) is 7.05 Å². The van der Waals surface area contributed by atoms with Crippen LogP contribution in [0.25, 0.3) is 0 Å². The summed E-state index contributed by atoms with van der Waals surface area (Å²) < 4.78 is 7.15. The molecule has 0 saturated carbocycles. The van der Waals surface area contributed by atoms with Crippen molar-refractivity contribution in [2.45, 2.75) is 13.5 Å². The minimum Gasteiger partial charge on any atom is -0.434 e. The van der Waals surface area contributed by atoms with Gasteiger partial charge in [-0.15, -0.1) is 5.10 Å². The number of aromatic nitrogens is 4. The highest BCUT2D eigenvalue weighted by atomic mass is 16.5. The molecule has 2 heterocycles. The van der Waals surface area contributed by atoms with Crippen LogP contribution in [0.1, 0.15) is 12.6 Å². The summed E-state index contributed by atoms with van der Waals surface area (Å²) in [5, 5.41) is 15.2. The van der Waals surface area contributed by atoms with Crippen LogP contribution < -0.4 is 10.1 Å². The maximum absolute atomic E-state index is 5.48. The highest BCUT2D eigenvalue weighted by Gasteiger charge is 2.02. The molecule has 0 fully saturated rings. The van der Waals surface area contributed by atoms with Gasteiger partial charge in [0.05, 0.1) is 18.1 Å². The average molecular weight is 233 g/mol. The Morgan fingerprint density at radius 1 is 1.35 bits per heavy atom. The maximum atomic E-state index is 5.48. The molecular formula is C11H15N5O. The first-order valence-corrected chi connectivity index (χ1v) is 5.47. The molecule has 2 aromatic heterocycles. The molecule has 0 atom stereocenters. The molecule has 90 valence electrons. The SMILES string of the molecule is CCNCc1ccc(Oc2cnn(C)c2)nn1. The second-order valence-electron chi connectivity index (χ2n) is 3.60. The fourth-order valence-corrected chi connectivity index (χ4v) is 1.32. The normalized spacial score (nSPS) is 10.5. The summed E-state index contributed by atoms with van der Waals surface area (Å²) in [4.78, 5) is 0. The Balaban J connectivity index is 1.98. The van der Waals surface area contributed by atoms with Crippen molar-refractivity contribution in [2.75, 3.05) is 6.54 Å². The number of nitrogens with zero attached hydrogens (tertiary/aromatic N) is 4. The van der Waals surface area contributed by atoms with Crippen LogP contribution in [0.3, 0.4) is 0 Å². The Kier molecular flexibility index (Phi) is 3.66. The Morgan fingerprint density at radius 2 is 2.24 bits per heavy atom. The van der Waals surface area contributed by atoms with E-state index in [1.165, 1.54) is 0 Å². The highest BCUT2D eigenvalue weighted by Crippen LogP contribution is 2.16. The minimum atomic E-state index is 0.471. The van der Waals surface area contributed by atoms with Crippen LogP contribution in [0.15, 0.2) is 24.5 Å². The van der Waals surface area contributed by atoms with Gasteiger partial charge in [-0.2, -0.15) is 10.2 Å². The van der Waals surface area contributed by atoms with E-state index in [0.717, 1.165) is 18.8 Å². The summed E-state index contributed by atoms with van der Waals surface area (Å²) in [7, 11) is 1.83. The van der Waals surface area contributed by atoms with Crippen molar-refractivity contribution in [1.82, 2.24) is 25.3 Å². The van der Waals surface area contributed by atoms with Gasteiger partial charge < -0.3 is 10.1 Å². The standard InChI is InChI=1S/C11H15N5O/c1-3-12-6-9-4-5-11(15-14-9)17-10-7-13-16(2)8-10/h4-5,7-8,12H,3,6H2,1-2H3. The monoisotopic (exact) mass is 233 g/mol. The fraction of sp³-hybridized carbons (Fsp3) is 0.364. The van der Waals surface area contributed by atoms with E-state index in [1.807, 2.05) is 20.0 Å². The molecule has 17 heavy (non-hydrogen) atoms. The van der Waals surface area contributed by atoms with E-state index in [2.05, 4.69) is 20.6 Å². The molecular weight excluding hydrogens is 218 g/mol. The summed E-state index contributed by atoms with van der Waals surface area (Å²) in [6, 6.07) is 3.69. The van der Waals surface area contributed by atoms with E-state index in [9.17, 15) is 0 Å². The molecule has 1 N–H and O–H groups in total. The first kappa shape index (κ1) is 11.5. The molecule has 0 aliphatic rings. The van der Waals surface area contributed by atoms with Crippen molar-refractivity contribution in [3.63, 3.8) is 0 Å². The summed E-state index contributed by atoms with van der Waals surface area (Å²) >= 11 is 0. The highest BCUT2D eigenvalue weighted by molar-refractivity contribution is 5.21. The number of aryl methyl sites for hydroxylation is 1. The van der Waals surface area contributed by atoms with Gasteiger partial charge in [0, 0.05) is 19.7 Å². The molecule has 0 unspecified atom stereocenters. The Morgan fingerprint density at radius 3 is 2.82 bits per heavy atom. The van der Waals surface area contributed by atoms with E-state index < -0.39 is 0 Å². The molecule has 0 aromatic carbocycles. The van der Waals surface area contributed by atoms with Crippen LogP contribution in [0.5, 0.6) is 11.6 Å². The van der Waals surface area contributed by atoms with E-state index in [4.69, 9.17) is 4.74 Å². The molecule has 2 aromatic rings. The van der Waals surface area contributed by atoms with Crippen molar-refractivity contribution >= 4 is 0 Å². The predicted octanol–water partition coefficient (Wildman–Crippen LogP) is 1.11. The maximum Gasteiger partial charge on any atom is 0.239 e. The van der Waals surface area contributed by atoms with Crippen LogP contribution in [-0.4, -0.2) is 26.5 Å². The van der Waals surface area contributed by atoms with E-state index in [-0.39, 0.29) is 0 Å². The van der Waals surface area contributed by atoms with Gasteiger partial charge in [-0.3, -0.25) is 4.68 Å². The lowest BCUT2D eigenvalue weighted by Gasteiger charge is -2.02. The first-order chi connectivity index (χ1) is 8.28. The topological polar surface area (TPSA) is 64.9 Å². The molecule has 0 aliphatic carbocycles. The van der Waals surface area contributed by atoms with Gasteiger partial charge in [0.15, 0.2) is 5.75 Å². The van der Waals surface area contributed by atoms with Crippen LogP contribution >= 0.6 is 0 Å². The lowest BCUT2D eigenvalue weighted by atomic mass is 10.4. The van der Waals surface area contributed by atoms with E-state index in [0.29, 0.717) is 11.6 Å². The predicted molar refractivity (Wildman–Crippen MR) is 62.7 cm³/mol. The zero-order chi connectivity index (χ0) is 12.1. The zero-order valence-electron chi connectivity index (χ0n) is 9.92. The zero-order valence-corrected chi connectivity index (χ0v) is 9.92. The van der Waals surface area contributed by atoms with Crippen molar-refractivity contribution in [3.8, 4) is 11.6 Å². The van der Waals surface area contributed by atoms with Gasteiger partial charge in [-0.25, -0.2) is 0 Å². The summed E-state index contributed by atoms with van der Waals surface area (Å²) in [6.45, 7) is 3.68. The Bertz CT molecular complexity index is 465. The largest absolute Gasteiger partial charge is 0.434 e. The van der Waals surface area contributed by atoms with Crippen molar-refractivity contribution in [3.05, 3.63) is 30.2 Å². The average Bonchev–Trinajstić information content (AvgIpc) is 2.74. The molecule has 0 aliphatic heterocycles. The third-order valence-electron chi connectivity index (χ3n) is 2.16. The smallest absolute Gasteiger partial charge is 0.239 e. The molecule has 0 radical (unpaired) electrons. The number of nitrogens with one attached hydrogen (secondary N) is 1. The number of rotatable bonds is 5. The summed E-state index contributed by atoms with van der Waals surface area (Å²) in [5.41, 5.74) is 0.894. The van der Waals surface area contributed by atoms with Gasteiger partial charge in [-0.05, 0) is 12.6 Å². The van der Waals surface area contributed by atoms with Crippen molar-refractivity contribution in [1.29, 1.82) is 0 Å². The molecule has 6 nitrogen and oxygen atoms in total. The lowest BCUT2D eigenvalue weighted by Crippen LogP contribution is -2.13. The third-order valence-corrected chi connectivity index (χ3v) is 2.16. The third kappa shape index (κ3) is 3.25. The summed E-state index contributed by atoms with van der Waals surface area (Å²) in [6.07, 6.45) is 3.41. The summed E-state index contributed by atoms with van der Waals surface area (Å²) in [5.74, 6) is 1.12. The molecule has 0 amide bonds. The number of hydrogen-bond donors (Lipinski definition) is 1. The van der Waals surface area contributed by atoms with Crippen LogP contribution in [-0.2, 0) is 13.6 Å². The fourth-order valence-electron chi connectivity index (χ4n) is 1.32. The van der Waals surface area contributed by atoms with Gasteiger partial charge in [0.25, 0.3) is 0 Å². The number of ether oxygens (including phenoxy) is 1. The van der Waals surface area contributed by atoms with Crippen molar-refractivity contribution < 1.29 is 4.74 Å². The van der Waals surface area contributed by atoms with Crippen LogP contribution in [0.2, 0.25) is 0 Å². The van der Waals surface area contributed by atoms with Crippen LogP contribution in [0, 0.1) is 0 Å². The second kappa shape index (κ2) is 5.40. The molecule has 0 saturated heterocycles. The van der Waals surface area contributed by atoms with E-state index in [1.54, 1.807) is 23.1 Å². The van der Waals surface area contributed by atoms with Gasteiger partial charge in [0.1, 0.15) is 0 Å². The number of hydrogen-bond acceptors (Lipinski definition) is 5. The minimum absolute atomic E-state index is 0.471. The quantitative estimate of drug-likeness (QED) is 0.838. The lowest BCUT2D eigenvalue weighted by molar-refractivity contribution is 0.452. The van der Waals surface area contributed by atoms with Crippen LogP contribution in [0.4, 0.5) is 0 Å².